The minimum Gasteiger partial charge on any atom is -0.481 e. The first-order valence-corrected chi connectivity index (χ1v) is 7.30. The molecular formula is C15H25NO3. The molecule has 2 aliphatic rings. The van der Waals surface area contributed by atoms with E-state index in [4.69, 9.17) is 0 Å². The van der Waals surface area contributed by atoms with E-state index in [2.05, 4.69) is 0 Å². The van der Waals surface area contributed by atoms with Crippen molar-refractivity contribution in [2.45, 2.75) is 46.5 Å². The van der Waals surface area contributed by atoms with Gasteiger partial charge in [-0.15, -0.1) is 0 Å². The number of aliphatic carboxylic acids is 1. The first kappa shape index (κ1) is 14.4. The van der Waals surface area contributed by atoms with E-state index in [9.17, 15) is 14.7 Å². The predicted molar refractivity (Wildman–Crippen MR) is 72.6 cm³/mol. The lowest BCUT2D eigenvalue weighted by molar-refractivity contribution is -0.158. The van der Waals surface area contributed by atoms with E-state index in [1.54, 1.807) is 0 Å². The van der Waals surface area contributed by atoms with Gasteiger partial charge in [-0.05, 0) is 36.5 Å². The van der Waals surface area contributed by atoms with Crippen molar-refractivity contribution in [3.05, 3.63) is 0 Å². The molecule has 0 aromatic carbocycles. The third-order valence-electron chi connectivity index (χ3n) is 4.52. The third-order valence-corrected chi connectivity index (χ3v) is 4.52. The SMILES string of the molecule is CC(C)(C)C(C(=O)O)C(=O)N1CC2CCCC(C2)C1. The van der Waals surface area contributed by atoms with Crippen molar-refractivity contribution < 1.29 is 14.7 Å². The molecule has 0 aromatic heterocycles. The largest absolute Gasteiger partial charge is 0.481 e. The number of carbonyl (C=O) groups is 2. The monoisotopic (exact) mass is 267 g/mol. The van der Waals surface area contributed by atoms with Gasteiger partial charge in [0, 0.05) is 13.1 Å². The number of carboxylic acid groups (broad SMARTS) is 1. The Bertz CT molecular complexity index is 360. The maximum absolute atomic E-state index is 12.6. The zero-order chi connectivity index (χ0) is 14.2. The zero-order valence-corrected chi connectivity index (χ0v) is 12.2. The van der Waals surface area contributed by atoms with Gasteiger partial charge >= 0.3 is 5.97 Å². The molecule has 0 radical (unpaired) electrons. The van der Waals surface area contributed by atoms with E-state index in [1.165, 1.54) is 25.7 Å². The Morgan fingerprint density at radius 3 is 2.11 bits per heavy atom. The normalized spacial score (nSPS) is 28.9. The number of hydrogen-bond acceptors (Lipinski definition) is 2. The maximum Gasteiger partial charge on any atom is 0.316 e. The highest BCUT2D eigenvalue weighted by molar-refractivity contribution is 5.97. The van der Waals surface area contributed by atoms with Crippen molar-refractivity contribution in [1.29, 1.82) is 0 Å². The first-order valence-electron chi connectivity index (χ1n) is 7.30. The van der Waals surface area contributed by atoms with Crippen LogP contribution in [0.1, 0.15) is 46.5 Å². The van der Waals surface area contributed by atoms with Crippen LogP contribution in [0.2, 0.25) is 0 Å². The van der Waals surface area contributed by atoms with Gasteiger partial charge < -0.3 is 10.0 Å². The van der Waals surface area contributed by atoms with Gasteiger partial charge in [0.2, 0.25) is 5.91 Å². The van der Waals surface area contributed by atoms with Crippen LogP contribution in [-0.2, 0) is 9.59 Å². The number of hydrogen-bond donors (Lipinski definition) is 1. The summed E-state index contributed by atoms with van der Waals surface area (Å²) in [6.45, 7) is 7.00. The number of nitrogens with zero attached hydrogens (tertiary/aromatic N) is 1. The quantitative estimate of drug-likeness (QED) is 0.781. The minimum atomic E-state index is -0.992. The summed E-state index contributed by atoms with van der Waals surface area (Å²) in [6, 6.07) is 0. The van der Waals surface area contributed by atoms with Crippen LogP contribution in [0.3, 0.4) is 0 Å². The Morgan fingerprint density at radius 1 is 1.16 bits per heavy atom. The Kier molecular flexibility index (Phi) is 3.88. The first-order chi connectivity index (χ1) is 8.79. The summed E-state index contributed by atoms with van der Waals surface area (Å²) >= 11 is 0. The molecule has 1 heterocycles. The zero-order valence-electron chi connectivity index (χ0n) is 12.2. The Hall–Kier alpha value is -1.06. The highest BCUT2D eigenvalue weighted by Gasteiger charge is 2.42. The lowest BCUT2D eigenvalue weighted by Gasteiger charge is -2.43. The molecule has 108 valence electrons. The Labute approximate surface area is 115 Å². The third kappa shape index (κ3) is 3.10. The number of carboxylic acids is 1. The molecule has 1 N–H and O–H groups in total. The van der Waals surface area contributed by atoms with E-state index in [0.717, 1.165) is 13.1 Å². The molecule has 1 aliphatic heterocycles. The number of likely N-dealkylation sites (tertiary alicyclic amines) is 1. The van der Waals surface area contributed by atoms with Crippen molar-refractivity contribution in [2.24, 2.45) is 23.2 Å². The molecule has 1 amide bonds. The molecule has 1 saturated heterocycles. The molecule has 3 atom stereocenters. The highest BCUT2D eigenvalue weighted by atomic mass is 16.4. The second-order valence-electron chi connectivity index (χ2n) is 7.28. The van der Waals surface area contributed by atoms with Crippen LogP contribution < -0.4 is 0 Å². The molecule has 2 rings (SSSR count). The number of fused-ring (bicyclic) bond motifs is 2. The molecule has 4 nitrogen and oxygen atoms in total. The van der Waals surface area contributed by atoms with Crippen LogP contribution in [-0.4, -0.2) is 35.0 Å². The fourth-order valence-corrected chi connectivity index (χ4v) is 3.64. The summed E-state index contributed by atoms with van der Waals surface area (Å²) in [6.07, 6.45) is 4.86. The van der Waals surface area contributed by atoms with Crippen LogP contribution in [0, 0.1) is 23.2 Å². The molecular weight excluding hydrogens is 242 g/mol. The van der Waals surface area contributed by atoms with Gasteiger partial charge in [-0.3, -0.25) is 9.59 Å². The van der Waals surface area contributed by atoms with Crippen molar-refractivity contribution in [1.82, 2.24) is 4.90 Å². The fourth-order valence-electron chi connectivity index (χ4n) is 3.64. The van der Waals surface area contributed by atoms with Gasteiger partial charge in [-0.2, -0.15) is 0 Å². The van der Waals surface area contributed by atoms with E-state index < -0.39 is 17.3 Å². The van der Waals surface area contributed by atoms with E-state index in [1.807, 2.05) is 25.7 Å². The van der Waals surface area contributed by atoms with Crippen LogP contribution in [0.15, 0.2) is 0 Å². The second kappa shape index (κ2) is 5.14. The van der Waals surface area contributed by atoms with Gasteiger partial charge in [0.1, 0.15) is 5.92 Å². The average Bonchev–Trinajstić information content (AvgIpc) is 2.25. The highest BCUT2D eigenvalue weighted by Crippen LogP contribution is 2.36. The number of carbonyl (C=O) groups excluding carboxylic acids is 1. The van der Waals surface area contributed by atoms with Crippen LogP contribution in [0.4, 0.5) is 0 Å². The topological polar surface area (TPSA) is 57.6 Å². The van der Waals surface area contributed by atoms with Crippen molar-refractivity contribution in [2.75, 3.05) is 13.1 Å². The summed E-state index contributed by atoms with van der Waals surface area (Å²) < 4.78 is 0. The molecule has 4 heteroatoms. The van der Waals surface area contributed by atoms with Crippen molar-refractivity contribution >= 4 is 11.9 Å². The smallest absolute Gasteiger partial charge is 0.316 e. The Balaban J connectivity index is 2.12. The number of piperidine rings is 1. The van der Waals surface area contributed by atoms with Gasteiger partial charge in [-0.25, -0.2) is 0 Å². The van der Waals surface area contributed by atoms with Crippen molar-refractivity contribution in [3.8, 4) is 0 Å². The average molecular weight is 267 g/mol. The van der Waals surface area contributed by atoms with E-state index in [0.29, 0.717) is 11.8 Å². The summed E-state index contributed by atoms with van der Waals surface area (Å²) in [5.41, 5.74) is -0.532. The maximum atomic E-state index is 12.6. The van der Waals surface area contributed by atoms with E-state index >= 15 is 0 Å². The fraction of sp³-hybridized carbons (Fsp3) is 0.867. The van der Waals surface area contributed by atoms with Crippen LogP contribution >= 0.6 is 0 Å². The van der Waals surface area contributed by atoms with Crippen molar-refractivity contribution in [3.63, 3.8) is 0 Å². The Morgan fingerprint density at radius 2 is 1.68 bits per heavy atom. The van der Waals surface area contributed by atoms with Gasteiger partial charge in [0.15, 0.2) is 0 Å². The van der Waals surface area contributed by atoms with Gasteiger partial charge in [0.05, 0.1) is 0 Å². The summed E-state index contributed by atoms with van der Waals surface area (Å²) in [5, 5.41) is 9.37. The van der Waals surface area contributed by atoms with Crippen LogP contribution in [0.25, 0.3) is 0 Å². The minimum absolute atomic E-state index is 0.184. The van der Waals surface area contributed by atoms with Gasteiger partial charge in [0.25, 0.3) is 0 Å². The van der Waals surface area contributed by atoms with Gasteiger partial charge in [-0.1, -0.05) is 27.2 Å². The molecule has 3 unspecified atom stereocenters. The van der Waals surface area contributed by atoms with Crippen LogP contribution in [0.5, 0.6) is 0 Å². The molecule has 2 fully saturated rings. The molecule has 0 aromatic rings. The molecule has 0 spiro atoms. The standard InChI is InChI=1S/C15H25NO3/c1-15(2,3)12(14(18)19)13(17)16-8-10-5-4-6-11(7-10)9-16/h10-12H,4-9H2,1-3H3,(H,18,19). The second-order valence-corrected chi connectivity index (χ2v) is 7.28. The molecule has 1 saturated carbocycles. The summed E-state index contributed by atoms with van der Waals surface area (Å²) in [4.78, 5) is 25.8. The number of rotatable bonds is 2. The molecule has 1 aliphatic carbocycles. The lowest BCUT2D eigenvalue weighted by atomic mass is 9.75. The summed E-state index contributed by atoms with van der Waals surface area (Å²) in [7, 11) is 0. The lowest BCUT2D eigenvalue weighted by Crippen LogP contribution is -2.51. The molecule has 19 heavy (non-hydrogen) atoms. The van der Waals surface area contributed by atoms with E-state index in [-0.39, 0.29) is 5.91 Å². The molecule has 2 bridgehead atoms. The summed E-state index contributed by atoms with van der Waals surface area (Å²) in [5.74, 6) is -0.923. The predicted octanol–water partition coefficient (Wildman–Crippen LogP) is 2.38. The number of amides is 1.